The zero-order chi connectivity index (χ0) is 36.2. The second kappa shape index (κ2) is 11.5. The van der Waals surface area contributed by atoms with Crippen molar-refractivity contribution in [2.75, 3.05) is 16.9 Å². The van der Waals surface area contributed by atoms with Gasteiger partial charge in [0.25, 0.3) is 11.8 Å². The molecule has 2 aliphatic carbocycles. The minimum Gasteiger partial charge on any atom is -0.508 e. The van der Waals surface area contributed by atoms with Crippen molar-refractivity contribution >= 4 is 58.2 Å². The first kappa shape index (κ1) is 34.0. The molecule has 0 aromatic heterocycles. The summed E-state index contributed by atoms with van der Waals surface area (Å²) in [4.78, 5) is 52.2. The van der Waals surface area contributed by atoms with Gasteiger partial charge in [-0.1, -0.05) is 36.8 Å². The monoisotopic (exact) mass is 734 g/mol. The van der Waals surface area contributed by atoms with Crippen LogP contribution in [0.5, 0.6) is 11.5 Å². The van der Waals surface area contributed by atoms with Gasteiger partial charge in [0, 0.05) is 17.5 Å². The molecule has 2 heterocycles. The second-order valence-electron chi connectivity index (χ2n) is 12.7. The number of imide groups is 2. The summed E-state index contributed by atoms with van der Waals surface area (Å²) in [7, 11) is 1.22. The molecular weight excluding hydrogens is 710 g/mol. The van der Waals surface area contributed by atoms with Crippen LogP contribution in [-0.2, 0) is 25.6 Å². The number of carbonyl (C=O) groups excluding carboxylic acids is 4. The zero-order valence-corrected chi connectivity index (χ0v) is 27.6. The Morgan fingerprint density at radius 2 is 1.46 bits per heavy atom. The predicted octanol–water partition coefficient (Wildman–Crippen LogP) is 6.43. The van der Waals surface area contributed by atoms with Crippen LogP contribution in [0.1, 0.15) is 36.8 Å². The quantitative estimate of drug-likeness (QED) is 0.0810. The number of amides is 4. The number of rotatable bonds is 5. The maximum atomic E-state index is 15.2. The fourth-order valence-corrected chi connectivity index (χ4v) is 8.91. The number of carbonyl (C=O) groups is 4. The predicted molar refractivity (Wildman–Crippen MR) is 169 cm³/mol. The molecule has 8 nitrogen and oxygen atoms in total. The van der Waals surface area contributed by atoms with Crippen molar-refractivity contribution in [3.8, 4) is 11.5 Å². The molecule has 2 saturated heterocycles. The van der Waals surface area contributed by atoms with Gasteiger partial charge in [0.2, 0.25) is 17.6 Å². The van der Waals surface area contributed by atoms with E-state index in [2.05, 4.69) is 0 Å². The molecule has 0 unspecified atom stereocenters. The smallest absolute Gasteiger partial charge is 0.258 e. The van der Waals surface area contributed by atoms with Crippen molar-refractivity contribution in [2.24, 2.45) is 17.8 Å². The van der Waals surface area contributed by atoms with Crippen molar-refractivity contribution in [3.05, 3.63) is 94.3 Å². The van der Waals surface area contributed by atoms with E-state index in [1.165, 1.54) is 19.2 Å². The first-order valence-electron chi connectivity index (χ1n) is 15.5. The highest BCUT2D eigenvalue weighted by molar-refractivity contribution is 6.58. The van der Waals surface area contributed by atoms with Crippen molar-refractivity contribution < 1.29 is 51.0 Å². The molecule has 3 aromatic rings. The maximum absolute atomic E-state index is 15.2. The highest BCUT2D eigenvalue weighted by atomic mass is 35.5. The van der Waals surface area contributed by atoms with Gasteiger partial charge >= 0.3 is 0 Å². The minimum atomic E-state index is -2.72. The van der Waals surface area contributed by atoms with Crippen LogP contribution in [0.2, 0.25) is 0 Å². The lowest BCUT2D eigenvalue weighted by Gasteiger charge is -2.50. The van der Waals surface area contributed by atoms with Gasteiger partial charge in [0.05, 0.1) is 24.6 Å². The van der Waals surface area contributed by atoms with Gasteiger partial charge in [0.1, 0.15) is 17.2 Å². The van der Waals surface area contributed by atoms with Crippen LogP contribution in [0.4, 0.5) is 33.3 Å². The summed E-state index contributed by atoms with van der Waals surface area (Å²) in [6.07, 6.45) is 1.63. The van der Waals surface area contributed by atoms with E-state index in [1.807, 2.05) is 6.92 Å². The second-order valence-corrected chi connectivity index (χ2v) is 13.9. The molecule has 4 amide bonds. The molecule has 2 aliphatic heterocycles. The standard InChI is InChI=1S/C35H25Cl2F5N2O6/c1-3-14-4-6-15(7-5-14)43-30(46)19-11-10-17-20(22(19)31(43)47)13-34(36)32(48)44(29-27(41)25(39)24(38)26(40)28(29)42)33(49)35(34,37)23(17)18-9-8-16(45)12-21(18)50-2/h4-10,12,19-20,22-23,45H,3,11,13H2,1-2H3/t19-,20+,22-,23+,34+,35-/m0/s1. The summed E-state index contributed by atoms with van der Waals surface area (Å²) < 4.78 is 78.8. The number of phenols is 1. The van der Waals surface area contributed by atoms with E-state index in [1.54, 1.807) is 30.3 Å². The van der Waals surface area contributed by atoms with Crippen LogP contribution in [0.25, 0.3) is 0 Å². The molecular formula is C35H25Cl2F5N2O6. The lowest BCUT2D eigenvalue weighted by atomic mass is 9.56. The van der Waals surface area contributed by atoms with E-state index in [4.69, 9.17) is 27.9 Å². The molecule has 1 saturated carbocycles. The molecule has 4 aliphatic rings. The Balaban J connectivity index is 1.43. The van der Waals surface area contributed by atoms with Crippen LogP contribution >= 0.6 is 23.2 Å². The van der Waals surface area contributed by atoms with Crippen LogP contribution in [0, 0.1) is 46.8 Å². The summed E-state index contributed by atoms with van der Waals surface area (Å²) in [5, 5.41) is 10.2. The number of fused-ring (bicyclic) bond motifs is 4. The van der Waals surface area contributed by atoms with Gasteiger partial charge in [-0.2, -0.15) is 0 Å². The van der Waals surface area contributed by atoms with E-state index in [0.717, 1.165) is 16.5 Å². The molecule has 6 atom stereocenters. The van der Waals surface area contributed by atoms with E-state index >= 15 is 8.78 Å². The Morgan fingerprint density at radius 3 is 2.06 bits per heavy atom. The first-order valence-corrected chi connectivity index (χ1v) is 16.2. The molecule has 260 valence electrons. The van der Waals surface area contributed by atoms with Crippen LogP contribution in [-0.4, -0.2) is 45.6 Å². The minimum absolute atomic E-state index is 0.0206. The number of methoxy groups -OCH3 is 1. The van der Waals surface area contributed by atoms with E-state index in [0.29, 0.717) is 12.1 Å². The van der Waals surface area contributed by atoms with Gasteiger partial charge in [-0.3, -0.25) is 24.1 Å². The van der Waals surface area contributed by atoms with E-state index < -0.39 is 98.2 Å². The highest BCUT2D eigenvalue weighted by Crippen LogP contribution is 2.67. The number of halogens is 7. The summed E-state index contributed by atoms with van der Waals surface area (Å²) in [5.74, 6) is -21.7. The van der Waals surface area contributed by atoms with E-state index in [-0.39, 0.29) is 34.0 Å². The largest absolute Gasteiger partial charge is 0.508 e. The van der Waals surface area contributed by atoms with Crippen molar-refractivity contribution in [1.82, 2.24) is 0 Å². The molecule has 0 spiro atoms. The zero-order valence-electron chi connectivity index (χ0n) is 26.1. The lowest BCUT2D eigenvalue weighted by Crippen LogP contribution is -2.60. The number of aryl methyl sites for hydroxylation is 1. The molecule has 0 radical (unpaired) electrons. The van der Waals surface area contributed by atoms with Gasteiger partial charge in [0.15, 0.2) is 33.0 Å². The number of hydrogen-bond acceptors (Lipinski definition) is 6. The average molecular weight is 735 g/mol. The number of phenolic OH excluding ortho intramolecular Hbond substituents is 1. The number of allylic oxidation sites excluding steroid dienone is 2. The Morgan fingerprint density at radius 1 is 0.840 bits per heavy atom. The van der Waals surface area contributed by atoms with Gasteiger partial charge in [-0.25, -0.2) is 26.9 Å². The molecule has 0 bridgehead atoms. The van der Waals surface area contributed by atoms with Gasteiger partial charge in [-0.05, 0) is 48.9 Å². The number of nitrogens with zero attached hydrogens (tertiary/aromatic N) is 2. The molecule has 3 aromatic carbocycles. The van der Waals surface area contributed by atoms with Crippen LogP contribution < -0.4 is 14.5 Å². The Bertz CT molecular complexity index is 2050. The van der Waals surface area contributed by atoms with Gasteiger partial charge < -0.3 is 9.84 Å². The lowest BCUT2D eigenvalue weighted by molar-refractivity contribution is -0.125. The van der Waals surface area contributed by atoms with Gasteiger partial charge in [-0.15, -0.1) is 23.2 Å². The SMILES string of the molecule is CCc1ccc(N2C(=O)[C@H]3[C@H](CC=C4[C@H]3C[C@@]3(Cl)C(=O)N(c5c(F)c(F)c(F)c(F)c5F)C(=O)[C@@]3(Cl)[C@H]4c3ccc(O)cc3OC)C2=O)cc1. The summed E-state index contributed by atoms with van der Waals surface area (Å²) in [6.45, 7) is 1.94. The summed E-state index contributed by atoms with van der Waals surface area (Å²) in [6, 6.07) is 10.5. The molecule has 3 fully saturated rings. The molecule has 50 heavy (non-hydrogen) atoms. The number of hydrogen-bond donors (Lipinski definition) is 1. The average Bonchev–Trinajstić information content (AvgIpc) is 3.44. The third-order valence-electron chi connectivity index (χ3n) is 10.4. The number of alkyl halides is 2. The van der Waals surface area contributed by atoms with E-state index in [9.17, 15) is 37.5 Å². The number of ether oxygens (including phenoxy) is 1. The third-order valence-corrected chi connectivity index (χ3v) is 11.8. The Labute approximate surface area is 291 Å². The van der Waals surface area contributed by atoms with Crippen LogP contribution in [0.3, 0.4) is 0 Å². The van der Waals surface area contributed by atoms with Crippen molar-refractivity contribution in [2.45, 2.75) is 41.9 Å². The normalized spacial score (nSPS) is 28.9. The Kier molecular flexibility index (Phi) is 7.83. The fourth-order valence-electron chi connectivity index (χ4n) is 7.99. The molecule has 7 rings (SSSR count). The van der Waals surface area contributed by atoms with Crippen molar-refractivity contribution in [1.29, 1.82) is 0 Å². The van der Waals surface area contributed by atoms with Crippen LogP contribution in [0.15, 0.2) is 54.1 Å². The Hall–Kier alpha value is -4.49. The van der Waals surface area contributed by atoms with Crippen molar-refractivity contribution in [3.63, 3.8) is 0 Å². The maximum Gasteiger partial charge on any atom is 0.258 e. The topological polar surface area (TPSA) is 104 Å². The number of benzene rings is 3. The summed E-state index contributed by atoms with van der Waals surface area (Å²) >= 11 is 14.3. The number of anilines is 2. The number of aromatic hydroxyl groups is 1. The summed E-state index contributed by atoms with van der Waals surface area (Å²) in [5.41, 5.74) is -0.309. The molecule has 1 N–H and O–H groups in total. The molecule has 15 heteroatoms. The highest BCUT2D eigenvalue weighted by Gasteiger charge is 2.77. The fraction of sp³-hybridized carbons (Fsp3) is 0.314. The first-order chi connectivity index (χ1) is 23.6. The third kappa shape index (κ3) is 4.28.